The minimum Gasteiger partial charge on any atom is -0.495 e. The van der Waals surface area contributed by atoms with Crippen molar-refractivity contribution in [3.63, 3.8) is 0 Å². The Morgan fingerprint density at radius 2 is 1.84 bits per heavy atom. The number of H-pyrrole nitrogens is 1. The normalized spacial score (nSPS) is 11.5. The van der Waals surface area contributed by atoms with Crippen molar-refractivity contribution in [2.45, 2.75) is 32.6 Å². The molecule has 8 nitrogen and oxygen atoms in total. The minimum atomic E-state index is -2.54. The van der Waals surface area contributed by atoms with Crippen LogP contribution in [-0.2, 0) is 4.57 Å². The first-order valence-electron chi connectivity index (χ1n) is 12.3. The first kappa shape index (κ1) is 26.8. The van der Waals surface area contributed by atoms with Crippen LogP contribution < -0.4 is 25.4 Å². The molecule has 3 N–H and O–H groups in total. The van der Waals surface area contributed by atoms with Crippen molar-refractivity contribution in [1.29, 1.82) is 0 Å². The molecule has 0 aliphatic rings. The molecule has 2 heterocycles. The maximum atomic E-state index is 12.9. The molecule has 196 valence electrons. The van der Waals surface area contributed by atoms with E-state index >= 15 is 0 Å². The maximum absolute atomic E-state index is 12.9. The summed E-state index contributed by atoms with van der Waals surface area (Å²) in [4.78, 5) is 12.4. The number of rotatable bonds is 12. The lowest BCUT2D eigenvalue weighted by Crippen LogP contribution is -2.11. The molecule has 2 aromatic heterocycles. The Kier molecular flexibility index (Phi) is 8.62. The highest BCUT2D eigenvalue weighted by Crippen LogP contribution is 2.39. The van der Waals surface area contributed by atoms with E-state index in [1.165, 1.54) is 12.8 Å². The quantitative estimate of drug-likeness (QED) is 0.128. The lowest BCUT2D eigenvalue weighted by molar-refractivity contribution is 0.304. The van der Waals surface area contributed by atoms with Crippen LogP contribution >= 0.6 is 18.7 Å². The molecule has 2 aromatic carbocycles. The molecule has 0 spiro atoms. The van der Waals surface area contributed by atoms with E-state index in [9.17, 15) is 4.57 Å². The monoisotopic (exact) mass is 541 g/mol. The van der Waals surface area contributed by atoms with Gasteiger partial charge in [-0.25, -0.2) is 0 Å². The van der Waals surface area contributed by atoms with Crippen molar-refractivity contribution in [3.05, 3.63) is 53.7 Å². The van der Waals surface area contributed by atoms with Gasteiger partial charge in [-0.2, -0.15) is 9.97 Å². The highest BCUT2D eigenvalue weighted by Gasteiger charge is 2.19. The number of unbranched alkanes of at least 4 members (excludes halogenated alkanes) is 3. The third kappa shape index (κ3) is 6.56. The zero-order chi connectivity index (χ0) is 26.4. The molecule has 37 heavy (non-hydrogen) atoms. The zero-order valence-electron chi connectivity index (χ0n) is 21.6. The Balaban J connectivity index is 1.66. The molecular weight excluding hydrogens is 509 g/mol. The van der Waals surface area contributed by atoms with Crippen molar-refractivity contribution >= 4 is 58.2 Å². The summed E-state index contributed by atoms with van der Waals surface area (Å²) < 4.78 is 24.4. The second kappa shape index (κ2) is 11.9. The Morgan fingerprint density at radius 1 is 1.03 bits per heavy atom. The van der Waals surface area contributed by atoms with Gasteiger partial charge in [-0.1, -0.05) is 49.9 Å². The Morgan fingerprint density at radius 3 is 2.59 bits per heavy atom. The van der Waals surface area contributed by atoms with Crippen molar-refractivity contribution in [2.75, 3.05) is 37.7 Å². The summed E-state index contributed by atoms with van der Waals surface area (Å²) in [6.45, 7) is 6.32. The summed E-state index contributed by atoms with van der Waals surface area (Å²) in [6.07, 6.45) is 6.21. The van der Waals surface area contributed by atoms with Crippen LogP contribution in [-0.4, -0.2) is 42.0 Å². The van der Waals surface area contributed by atoms with Gasteiger partial charge in [0.1, 0.15) is 30.1 Å². The number of nitrogens with one attached hydrogen (secondary N) is 3. The number of para-hydroxylation sites is 1. The minimum absolute atomic E-state index is 0.334. The first-order valence-corrected chi connectivity index (χ1v) is 15.3. The number of benzene rings is 2. The summed E-state index contributed by atoms with van der Waals surface area (Å²) in [7, 11) is -0.932. The van der Waals surface area contributed by atoms with Crippen LogP contribution in [0.15, 0.2) is 48.7 Å². The fourth-order valence-electron chi connectivity index (χ4n) is 4.03. The number of aromatic amines is 1. The van der Waals surface area contributed by atoms with Crippen LogP contribution in [0.4, 0.5) is 23.1 Å². The van der Waals surface area contributed by atoms with Crippen LogP contribution in [0.2, 0.25) is 5.02 Å². The predicted molar refractivity (Wildman–Crippen MR) is 154 cm³/mol. The number of anilines is 4. The highest BCUT2D eigenvalue weighted by molar-refractivity contribution is 7.70. The molecule has 4 aromatic rings. The lowest BCUT2D eigenvalue weighted by atomic mass is 10.2. The van der Waals surface area contributed by atoms with Crippen LogP contribution in [0.5, 0.6) is 11.5 Å². The second-order valence-electron chi connectivity index (χ2n) is 9.15. The van der Waals surface area contributed by atoms with Crippen molar-refractivity contribution < 1.29 is 14.0 Å². The smallest absolute Gasteiger partial charge is 0.231 e. The number of hydrogen-bond acceptors (Lipinski definition) is 7. The molecule has 0 amide bonds. The Bertz CT molecular complexity index is 1420. The number of methoxy groups -OCH3 is 1. The SMILES string of the molecule is CCCCCCOc1ccc(OC)c(Nc2nc(Nc3ccccc3P(C)(C)=O)c3c(Cl)c[nH]c3n2)c1. The average Bonchev–Trinajstić information content (AvgIpc) is 3.24. The van der Waals surface area contributed by atoms with Crippen molar-refractivity contribution in [2.24, 2.45) is 0 Å². The predicted octanol–water partition coefficient (Wildman–Crippen LogP) is 7.31. The number of aromatic nitrogens is 3. The van der Waals surface area contributed by atoms with Gasteiger partial charge >= 0.3 is 0 Å². The summed E-state index contributed by atoms with van der Waals surface area (Å²) in [5.74, 6) is 2.18. The van der Waals surface area contributed by atoms with E-state index in [0.717, 1.165) is 23.9 Å². The van der Waals surface area contributed by atoms with E-state index in [4.69, 9.17) is 26.1 Å². The molecule has 0 saturated carbocycles. The standard InChI is InChI=1S/C27H33ClN5O3P/c1-5-6-7-10-15-36-18-13-14-22(35-2)21(16-18)31-27-32-25-24(19(28)17-29-25)26(33-27)30-20-11-8-9-12-23(20)37(3,4)34/h8-9,11-14,16-17H,5-7,10,15H2,1-4H3,(H3,29,30,31,32,33). The van der Waals surface area contributed by atoms with Gasteiger partial charge in [0.15, 0.2) is 0 Å². The van der Waals surface area contributed by atoms with E-state index in [-0.39, 0.29) is 0 Å². The summed E-state index contributed by atoms with van der Waals surface area (Å²) in [5, 5.41) is 8.45. The number of hydrogen-bond donors (Lipinski definition) is 3. The average molecular weight is 542 g/mol. The third-order valence-corrected chi connectivity index (χ3v) is 7.75. The van der Waals surface area contributed by atoms with Gasteiger partial charge in [0.05, 0.1) is 35.5 Å². The molecule has 0 bridgehead atoms. The van der Waals surface area contributed by atoms with Gasteiger partial charge in [0.25, 0.3) is 0 Å². The largest absolute Gasteiger partial charge is 0.495 e. The number of fused-ring (bicyclic) bond motifs is 1. The topological polar surface area (TPSA) is 101 Å². The van der Waals surface area contributed by atoms with Crippen LogP contribution in [0.1, 0.15) is 32.6 Å². The van der Waals surface area contributed by atoms with Crippen LogP contribution in [0.3, 0.4) is 0 Å². The van der Waals surface area contributed by atoms with E-state index in [1.807, 2.05) is 42.5 Å². The van der Waals surface area contributed by atoms with Crippen LogP contribution in [0.25, 0.3) is 11.0 Å². The lowest BCUT2D eigenvalue weighted by Gasteiger charge is -2.16. The highest BCUT2D eigenvalue weighted by atomic mass is 35.5. The third-order valence-electron chi connectivity index (χ3n) is 5.90. The van der Waals surface area contributed by atoms with E-state index < -0.39 is 7.14 Å². The van der Waals surface area contributed by atoms with Gasteiger partial charge in [-0.15, -0.1) is 0 Å². The second-order valence-corrected chi connectivity index (χ2v) is 12.7. The molecular formula is C27H33ClN5O3P. The molecule has 0 fully saturated rings. The molecule has 10 heteroatoms. The summed E-state index contributed by atoms with van der Waals surface area (Å²) >= 11 is 6.47. The van der Waals surface area contributed by atoms with E-state index in [1.54, 1.807) is 26.6 Å². The fraction of sp³-hybridized carbons (Fsp3) is 0.333. The molecule has 0 radical (unpaired) electrons. The maximum Gasteiger partial charge on any atom is 0.231 e. The van der Waals surface area contributed by atoms with Gasteiger partial charge in [0.2, 0.25) is 5.95 Å². The fourth-order valence-corrected chi connectivity index (χ4v) is 5.42. The van der Waals surface area contributed by atoms with Crippen LogP contribution in [0, 0.1) is 0 Å². The molecule has 0 unspecified atom stereocenters. The Hall–Kier alpha value is -3.22. The summed E-state index contributed by atoms with van der Waals surface area (Å²) in [6, 6.07) is 13.1. The number of halogens is 1. The number of nitrogens with zero attached hydrogens (tertiary/aromatic N) is 2. The van der Waals surface area contributed by atoms with E-state index in [0.29, 0.717) is 51.6 Å². The van der Waals surface area contributed by atoms with Gasteiger partial charge in [-0.05, 0) is 44.0 Å². The molecule has 0 atom stereocenters. The molecule has 0 saturated heterocycles. The zero-order valence-corrected chi connectivity index (χ0v) is 23.2. The van der Waals surface area contributed by atoms with Crippen molar-refractivity contribution in [1.82, 2.24) is 15.0 Å². The van der Waals surface area contributed by atoms with Gasteiger partial charge in [-0.3, -0.25) is 0 Å². The van der Waals surface area contributed by atoms with Crippen molar-refractivity contribution in [3.8, 4) is 11.5 Å². The molecule has 4 rings (SSSR count). The number of ether oxygens (including phenoxy) is 2. The summed E-state index contributed by atoms with van der Waals surface area (Å²) in [5.41, 5.74) is 1.93. The first-order chi connectivity index (χ1) is 17.8. The van der Waals surface area contributed by atoms with E-state index in [2.05, 4.69) is 27.5 Å². The molecule has 0 aliphatic carbocycles. The molecule has 0 aliphatic heterocycles. The Labute approximate surface area is 222 Å². The van der Waals surface area contributed by atoms with Gasteiger partial charge in [0, 0.05) is 17.6 Å². The van der Waals surface area contributed by atoms with Gasteiger partial charge < -0.3 is 29.7 Å².